The van der Waals surface area contributed by atoms with Gasteiger partial charge in [0.2, 0.25) is 0 Å². The van der Waals surface area contributed by atoms with Gasteiger partial charge in [-0.1, -0.05) is 0 Å². The van der Waals surface area contributed by atoms with Crippen molar-refractivity contribution in [1.29, 1.82) is 0 Å². The topological polar surface area (TPSA) is 63.1 Å². The molecule has 1 aliphatic rings. The number of hydrogen-bond acceptors (Lipinski definition) is 3. The number of amides is 2. The second-order valence-corrected chi connectivity index (χ2v) is 7.02. The lowest BCUT2D eigenvalue weighted by atomic mass is 9.97. The highest BCUT2D eigenvalue weighted by atomic mass is 16.5. The fourth-order valence-electron chi connectivity index (χ4n) is 3.48. The average molecular weight is 348 g/mol. The zero-order valence-corrected chi connectivity index (χ0v) is 15.7. The van der Waals surface area contributed by atoms with E-state index in [1.165, 1.54) is 6.42 Å². The molecule has 0 saturated carbocycles. The van der Waals surface area contributed by atoms with Crippen molar-refractivity contribution in [1.82, 2.24) is 4.90 Å². The number of carbonyl (C=O) groups is 2. The number of quaternary nitrogens is 1. The van der Waals surface area contributed by atoms with Crippen LogP contribution in [0.3, 0.4) is 0 Å². The first-order chi connectivity index (χ1) is 11.9. The predicted molar refractivity (Wildman–Crippen MR) is 97.9 cm³/mol. The highest BCUT2D eigenvalue weighted by molar-refractivity contribution is 5.91. The van der Waals surface area contributed by atoms with Gasteiger partial charge in [-0.05, 0) is 57.4 Å². The van der Waals surface area contributed by atoms with Gasteiger partial charge in [0, 0.05) is 17.8 Å². The SMILES string of the molecule is COc1ccc(NC(=O)C[NH+](C)CC(=O)N2[C@H](C)CCC[C@H]2C)cc1. The summed E-state index contributed by atoms with van der Waals surface area (Å²) in [4.78, 5) is 27.7. The predicted octanol–water partition coefficient (Wildman–Crippen LogP) is 0.938. The van der Waals surface area contributed by atoms with Gasteiger partial charge in [-0.15, -0.1) is 0 Å². The van der Waals surface area contributed by atoms with Crippen molar-refractivity contribution in [3.63, 3.8) is 0 Å². The van der Waals surface area contributed by atoms with Gasteiger partial charge in [-0.3, -0.25) is 9.59 Å². The van der Waals surface area contributed by atoms with Crippen LogP contribution in [0.5, 0.6) is 5.75 Å². The molecule has 138 valence electrons. The molecule has 25 heavy (non-hydrogen) atoms. The van der Waals surface area contributed by atoms with Crippen LogP contribution in [0.25, 0.3) is 0 Å². The zero-order valence-electron chi connectivity index (χ0n) is 15.7. The molecule has 1 saturated heterocycles. The number of hydrogen-bond donors (Lipinski definition) is 2. The summed E-state index contributed by atoms with van der Waals surface area (Å²) in [6, 6.07) is 7.78. The van der Waals surface area contributed by atoms with E-state index in [1.807, 2.05) is 11.9 Å². The van der Waals surface area contributed by atoms with E-state index in [9.17, 15) is 9.59 Å². The summed E-state index contributed by atoms with van der Waals surface area (Å²) in [7, 11) is 3.48. The second-order valence-electron chi connectivity index (χ2n) is 7.02. The van der Waals surface area contributed by atoms with E-state index in [4.69, 9.17) is 4.74 Å². The Morgan fingerprint density at radius 1 is 1.16 bits per heavy atom. The quantitative estimate of drug-likeness (QED) is 0.804. The van der Waals surface area contributed by atoms with Gasteiger partial charge >= 0.3 is 0 Å². The van der Waals surface area contributed by atoms with E-state index in [0.29, 0.717) is 6.54 Å². The van der Waals surface area contributed by atoms with Gasteiger partial charge in [-0.25, -0.2) is 0 Å². The van der Waals surface area contributed by atoms with Crippen molar-refractivity contribution < 1.29 is 19.2 Å². The normalized spacial score (nSPS) is 21.5. The standard InChI is InChI=1S/C19H29N3O3/c1-14-6-5-7-15(2)22(14)19(24)13-21(3)12-18(23)20-16-8-10-17(25-4)11-9-16/h8-11,14-15H,5-7,12-13H2,1-4H3,(H,20,23)/p+1/t14-,15-/m1/s1. The minimum atomic E-state index is -0.102. The fourth-order valence-corrected chi connectivity index (χ4v) is 3.48. The number of carbonyl (C=O) groups excluding carboxylic acids is 2. The third-order valence-corrected chi connectivity index (χ3v) is 4.77. The van der Waals surface area contributed by atoms with Crippen LogP contribution in [0.1, 0.15) is 33.1 Å². The zero-order chi connectivity index (χ0) is 18.4. The first kappa shape index (κ1) is 19.2. The summed E-state index contributed by atoms with van der Waals surface area (Å²) in [5.41, 5.74) is 0.725. The lowest BCUT2D eigenvalue weighted by Gasteiger charge is -2.39. The number of likely N-dealkylation sites (N-methyl/N-ethyl adjacent to an activating group) is 1. The molecule has 6 nitrogen and oxygen atoms in total. The molecule has 0 aliphatic carbocycles. The lowest BCUT2D eigenvalue weighted by molar-refractivity contribution is -0.862. The van der Waals surface area contributed by atoms with Crippen LogP contribution in [0.4, 0.5) is 5.69 Å². The highest BCUT2D eigenvalue weighted by Gasteiger charge is 2.30. The van der Waals surface area contributed by atoms with Gasteiger partial charge in [0.1, 0.15) is 5.75 Å². The van der Waals surface area contributed by atoms with E-state index >= 15 is 0 Å². The number of benzene rings is 1. The molecule has 2 amide bonds. The van der Waals surface area contributed by atoms with Gasteiger partial charge in [0.25, 0.3) is 11.8 Å². The number of methoxy groups -OCH3 is 1. The Morgan fingerprint density at radius 3 is 2.32 bits per heavy atom. The molecular formula is C19H30N3O3+. The number of likely N-dealkylation sites (tertiary alicyclic amines) is 1. The Morgan fingerprint density at radius 2 is 1.76 bits per heavy atom. The fraction of sp³-hybridized carbons (Fsp3) is 0.579. The number of piperidine rings is 1. The monoisotopic (exact) mass is 348 g/mol. The lowest BCUT2D eigenvalue weighted by Crippen LogP contribution is -3.11. The van der Waals surface area contributed by atoms with Crippen LogP contribution in [-0.4, -0.2) is 56.0 Å². The maximum absolute atomic E-state index is 12.6. The minimum absolute atomic E-state index is 0.102. The summed E-state index contributed by atoms with van der Waals surface area (Å²) < 4.78 is 5.10. The van der Waals surface area contributed by atoms with E-state index < -0.39 is 0 Å². The van der Waals surface area contributed by atoms with Crippen molar-refractivity contribution in [2.75, 3.05) is 32.6 Å². The van der Waals surface area contributed by atoms with E-state index in [1.54, 1.807) is 31.4 Å². The smallest absolute Gasteiger partial charge is 0.279 e. The maximum atomic E-state index is 12.6. The molecule has 0 bridgehead atoms. The summed E-state index contributed by atoms with van der Waals surface area (Å²) >= 11 is 0. The molecule has 6 heteroatoms. The van der Waals surface area contributed by atoms with Crippen LogP contribution >= 0.6 is 0 Å². The minimum Gasteiger partial charge on any atom is -0.497 e. The molecule has 1 aromatic carbocycles. The van der Waals surface area contributed by atoms with Crippen molar-refractivity contribution in [3.8, 4) is 5.75 Å². The van der Waals surface area contributed by atoms with Gasteiger partial charge < -0.3 is 19.9 Å². The molecule has 0 aromatic heterocycles. The van der Waals surface area contributed by atoms with Crippen LogP contribution in [0.15, 0.2) is 24.3 Å². The second kappa shape index (κ2) is 8.85. The molecule has 0 spiro atoms. The van der Waals surface area contributed by atoms with Crippen molar-refractivity contribution >= 4 is 17.5 Å². The summed E-state index contributed by atoms with van der Waals surface area (Å²) in [6.07, 6.45) is 3.30. The number of rotatable bonds is 6. The summed E-state index contributed by atoms with van der Waals surface area (Å²) in [5, 5.41) is 2.85. The van der Waals surface area contributed by atoms with Crippen molar-refractivity contribution in [3.05, 3.63) is 24.3 Å². The van der Waals surface area contributed by atoms with Crippen LogP contribution in [0.2, 0.25) is 0 Å². The third-order valence-electron chi connectivity index (χ3n) is 4.77. The van der Waals surface area contributed by atoms with Gasteiger partial charge in [0.15, 0.2) is 13.1 Å². The first-order valence-corrected chi connectivity index (χ1v) is 8.97. The van der Waals surface area contributed by atoms with E-state index in [2.05, 4.69) is 19.2 Å². The Hall–Kier alpha value is -2.08. The van der Waals surface area contributed by atoms with Crippen molar-refractivity contribution in [2.24, 2.45) is 0 Å². The largest absolute Gasteiger partial charge is 0.497 e. The maximum Gasteiger partial charge on any atom is 0.279 e. The molecule has 1 aliphatic heterocycles. The van der Waals surface area contributed by atoms with Crippen LogP contribution in [-0.2, 0) is 9.59 Å². The highest BCUT2D eigenvalue weighted by Crippen LogP contribution is 2.22. The Labute approximate surface area is 150 Å². The Kier molecular flexibility index (Phi) is 6.82. The number of nitrogens with zero attached hydrogens (tertiary/aromatic N) is 1. The molecule has 2 N–H and O–H groups in total. The van der Waals surface area contributed by atoms with Gasteiger partial charge in [0.05, 0.1) is 14.2 Å². The van der Waals surface area contributed by atoms with E-state index in [-0.39, 0.29) is 30.4 Å². The summed E-state index contributed by atoms with van der Waals surface area (Å²) in [6.45, 7) is 4.82. The van der Waals surface area contributed by atoms with Gasteiger partial charge in [-0.2, -0.15) is 0 Å². The van der Waals surface area contributed by atoms with Crippen LogP contribution in [0, 0.1) is 0 Å². The molecule has 3 atom stereocenters. The molecule has 2 rings (SSSR count). The summed E-state index contributed by atoms with van der Waals surface area (Å²) in [5.74, 6) is 0.778. The Balaban J connectivity index is 1.82. The molecule has 1 heterocycles. The van der Waals surface area contributed by atoms with E-state index in [0.717, 1.165) is 29.2 Å². The molecule has 1 fully saturated rings. The number of ether oxygens (including phenoxy) is 1. The molecular weight excluding hydrogens is 318 g/mol. The first-order valence-electron chi connectivity index (χ1n) is 8.97. The Bertz CT molecular complexity index is 578. The number of anilines is 1. The van der Waals surface area contributed by atoms with Crippen molar-refractivity contribution in [2.45, 2.75) is 45.2 Å². The molecule has 1 aromatic rings. The third kappa shape index (κ3) is 5.46. The van der Waals surface area contributed by atoms with Crippen LogP contribution < -0.4 is 15.0 Å². The number of nitrogens with one attached hydrogen (secondary N) is 2. The molecule has 1 unspecified atom stereocenters. The molecule has 0 radical (unpaired) electrons. The average Bonchev–Trinajstić information content (AvgIpc) is 2.55.